The third-order valence-corrected chi connectivity index (χ3v) is 3.63. The van der Waals surface area contributed by atoms with Crippen LogP contribution < -0.4 is 10.1 Å². The molecule has 0 bridgehead atoms. The van der Waals surface area contributed by atoms with Crippen molar-refractivity contribution in [3.8, 4) is 5.88 Å². The summed E-state index contributed by atoms with van der Waals surface area (Å²) in [5.41, 5.74) is -0.305. The van der Waals surface area contributed by atoms with Gasteiger partial charge in [0, 0.05) is 30.6 Å². The van der Waals surface area contributed by atoms with Crippen molar-refractivity contribution in [2.75, 3.05) is 25.5 Å². The molecule has 2 rings (SSSR count). The number of methoxy groups -OCH3 is 1. The van der Waals surface area contributed by atoms with Crippen LogP contribution in [0.1, 0.15) is 33.6 Å². The number of rotatable bonds is 3. The fraction of sp³-hybridized carbons (Fsp3) is 0.667. The van der Waals surface area contributed by atoms with Crippen molar-refractivity contribution >= 4 is 11.7 Å². The lowest BCUT2D eigenvalue weighted by molar-refractivity contribution is -0.140. The first-order valence-corrected chi connectivity index (χ1v) is 7.32. The van der Waals surface area contributed by atoms with Gasteiger partial charge < -0.3 is 15.0 Å². The number of carbonyl (C=O) groups is 1. The average molecular weight is 292 g/mol. The SMILES string of the molecule is COc1cc(NC2CCN(C(=O)C(C)(C)C)CC2)ncn1. The summed E-state index contributed by atoms with van der Waals surface area (Å²) in [4.78, 5) is 22.4. The van der Waals surface area contributed by atoms with Crippen LogP contribution in [0.4, 0.5) is 5.82 Å². The summed E-state index contributed by atoms with van der Waals surface area (Å²) in [6.45, 7) is 7.47. The molecule has 0 aliphatic carbocycles. The second-order valence-electron chi connectivity index (χ2n) is 6.41. The van der Waals surface area contributed by atoms with Crippen LogP contribution in [-0.4, -0.2) is 47.0 Å². The molecule has 1 amide bonds. The Bertz CT molecular complexity index is 491. The van der Waals surface area contributed by atoms with E-state index in [1.165, 1.54) is 6.33 Å². The van der Waals surface area contributed by atoms with Gasteiger partial charge in [0.05, 0.1) is 7.11 Å². The lowest BCUT2D eigenvalue weighted by Crippen LogP contribution is -2.46. The van der Waals surface area contributed by atoms with E-state index in [9.17, 15) is 4.79 Å². The number of nitrogens with zero attached hydrogens (tertiary/aromatic N) is 3. The second-order valence-corrected chi connectivity index (χ2v) is 6.41. The van der Waals surface area contributed by atoms with Gasteiger partial charge in [-0.25, -0.2) is 9.97 Å². The van der Waals surface area contributed by atoms with Gasteiger partial charge in [0.1, 0.15) is 12.1 Å². The van der Waals surface area contributed by atoms with Crippen LogP contribution in [-0.2, 0) is 4.79 Å². The summed E-state index contributed by atoms with van der Waals surface area (Å²) < 4.78 is 5.09. The van der Waals surface area contributed by atoms with Crippen LogP contribution in [0, 0.1) is 5.41 Å². The number of likely N-dealkylation sites (tertiary alicyclic amines) is 1. The maximum Gasteiger partial charge on any atom is 0.227 e. The average Bonchev–Trinajstić information content (AvgIpc) is 2.46. The van der Waals surface area contributed by atoms with E-state index < -0.39 is 0 Å². The van der Waals surface area contributed by atoms with Gasteiger partial charge in [-0.2, -0.15) is 0 Å². The Labute approximate surface area is 125 Å². The number of carbonyl (C=O) groups excluding carboxylic acids is 1. The van der Waals surface area contributed by atoms with Crippen molar-refractivity contribution in [1.29, 1.82) is 0 Å². The molecule has 21 heavy (non-hydrogen) atoms. The molecule has 1 N–H and O–H groups in total. The first-order chi connectivity index (χ1) is 9.90. The summed E-state index contributed by atoms with van der Waals surface area (Å²) in [5, 5.41) is 3.38. The predicted molar refractivity (Wildman–Crippen MR) is 81.3 cm³/mol. The van der Waals surface area contributed by atoms with E-state index in [0.717, 1.165) is 31.7 Å². The Balaban J connectivity index is 1.88. The first-order valence-electron chi connectivity index (χ1n) is 7.32. The number of amides is 1. The largest absolute Gasteiger partial charge is 0.481 e. The number of hydrogen-bond acceptors (Lipinski definition) is 5. The zero-order chi connectivity index (χ0) is 15.5. The molecule has 0 spiro atoms. The minimum atomic E-state index is -0.305. The van der Waals surface area contributed by atoms with Crippen LogP contribution >= 0.6 is 0 Å². The molecule has 1 aliphatic heterocycles. The molecule has 1 saturated heterocycles. The molecule has 1 aromatic rings. The lowest BCUT2D eigenvalue weighted by atomic mass is 9.93. The zero-order valence-electron chi connectivity index (χ0n) is 13.2. The maximum atomic E-state index is 12.2. The van der Waals surface area contributed by atoms with Gasteiger partial charge in [0.25, 0.3) is 0 Å². The van der Waals surface area contributed by atoms with Crippen molar-refractivity contribution in [3.05, 3.63) is 12.4 Å². The molecular weight excluding hydrogens is 268 g/mol. The van der Waals surface area contributed by atoms with Crippen molar-refractivity contribution in [2.45, 2.75) is 39.7 Å². The molecule has 116 valence electrons. The van der Waals surface area contributed by atoms with Gasteiger partial charge in [-0.1, -0.05) is 20.8 Å². The Hall–Kier alpha value is -1.85. The molecular formula is C15H24N4O2. The minimum absolute atomic E-state index is 0.227. The van der Waals surface area contributed by atoms with Gasteiger partial charge >= 0.3 is 0 Å². The molecule has 0 atom stereocenters. The summed E-state index contributed by atoms with van der Waals surface area (Å²) >= 11 is 0. The lowest BCUT2D eigenvalue weighted by Gasteiger charge is -2.36. The summed E-state index contributed by atoms with van der Waals surface area (Å²) in [5.74, 6) is 1.54. The third-order valence-electron chi connectivity index (χ3n) is 3.63. The Morgan fingerprint density at radius 1 is 1.33 bits per heavy atom. The van der Waals surface area contributed by atoms with Crippen LogP contribution in [0.5, 0.6) is 5.88 Å². The highest BCUT2D eigenvalue weighted by molar-refractivity contribution is 5.81. The molecule has 0 aromatic carbocycles. The highest BCUT2D eigenvalue weighted by Gasteiger charge is 2.30. The predicted octanol–water partition coefficient (Wildman–Crippen LogP) is 1.93. The van der Waals surface area contributed by atoms with Crippen LogP contribution in [0.15, 0.2) is 12.4 Å². The third kappa shape index (κ3) is 4.06. The van der Waals surface area contributed by atoms with Crippen molar-refractivity contribution in [1.82, 2.24) is 14.9 Å². The number of anilines is 1. The van der Waals surface area contributed by atoms with Crippen LogP contribution in [0.2, 0.25) is 0 Å². The maximum absolute atomic E-state index is 12.2. The normalized spacial score (nSPS) is 16.7. The number of aromatic nitrogens is 2. The summed E-state index contributed by atoms with van der Waals surface area (Å²) in [6, 6.07) is 2.11. The molecule has 6 heteroatoms. The standard InChI is InChI=1S/C15H24N4O2/c1-15(2,3)14(20)19-7-5-11(6-8-19)18-12-9-13(21-4)17-10-16-12/h9-11H,5-8H2,1-4H3,(H,16,17,18). The summed E-state index contributed by atoms with van der Waals surface area (Å²) in [6.07, 6.45) is 3.34. The fourth-order valence-electron chi connectivity index (χ4n) is 2.44. The molecule has 1 aromatic heterocycles. The van der Waals surface area contributed by atoms with Crippen LogP contribution in [0.25, 0.3) is 0 Å². The molecule has 0 saturated carbocycles. The van der Waals surface area contributed by atoms with Gasteiger partial charge in [0.2, 0.25) is 11.8 Å². The topological polar surface area (TPSA) is 67.3 Å². The van der Waals surface area contributed by atoms with E-state index in [1.54, 1.807) is 13.2 Å². The fourth-order valence-corrected chi connectivity index (χ4v) is 2.44. The zero-order valence-corrected chi connectivity index (χ0v) is 13.2. The molecule has 1 fully saturated rings. The molecule has 2 heterocycles. The number of nitrogens with one attached hydrogen (secondary N) is 1. The second kappa shape index (κ2) is 6.28. The van der Waals surface area contributed by atoms with E-state index in [2.05, 4.69) is 15.3 Å². The van der Waals surface area contributed by atoms with E-state index in [-0.39, 0.29) is 11.3 Å². The number of hydrogen-bond donors (Lipinski definition) is 1. The minimum Gasteiger partial charge on any atom is -0.481 e. The van der Waals surface area contributed by atoms with Gasteiger partial charge in [-0.3, -0.25) is 4.79 Å². The molecule has 0 unspecified atom stereocenters. The monoisotopic (exact) mass is 292 g/mol. The first kappa shape index (κ1) is 15.5. The van der Waals surface area contributed by atoms with Crippen LogP contribution in [0.3, 0.4) is 0 Å². The Morgan fingerprint density at radius 3 is 2.57 bits per heavy atom. The smallest absolute Gasteiger partial charge is 0.227 e. The van der Waals surface area contributed by atoms with Crippen molar-refractivity contribution < 1.29 is 9.53 Å². The van der Waals surface area contributed by atoms with E-state index in [4.69, 9.17) is 4.74 Å². The van der Waals surface area contributed by atoms with Crippen molar-refractivity contribution in [3.63, 3.8) is 0 Å². The number of ether oxygens (including phenoxy) is 1. The molecule has 1 aliphatic rings. The van der Waals surface area contributed by atoms with E-state index in [0.29, 0.717) is 11.9 Å². The molecule has 0 radical (unpaired) electrons. The Kier molecular flexibility index (Phi) is 4.65. The van der Waals surface area contributed by atoms with Gasteiger partial charge in [-0.05, 0) is 12.8 Å². The number of piperidine rings is 1. The van der Waals surface area contributed by atoms with E-state index in [1.807, 2.05) is 25.7 Å². The van der Waals surface area contributed by atoms with E-state index >= 15 is 0 Å². The highest BCUT2D eigenvalue weighted by Crippen LogP contribution is 2.22. The Morgan fingerprint density at radius 2 is 2.00 bits per heavy atom. The van der Waals surface area contributed by atoms with Gasteiger partial charge in [-0.15, -0.1) is 0 Å². The quantitative estimate of drug-likeness (QED) is 0.922. The van der Waals surface area contributed by atoms with Crippen molar-refractivity contribution in [2.24, 2.45) is 5.41 Å². The summed E-state index contributed by atoms with van der Waals surface area (Å²) in [7, 11) is 1.59. The molecule has 6 nitrogen and oxygen atoms in total. The van der Waals surface area contributed by atoms with Gasteiger partial charge in [0.15, 0.2) is 0 Å². The highest BCUT2D eigenvalue weighted by atomic mass is 16.5.